The van der Waals surface area contributed by atoms with Gasteiger partial charge in [0.1, 0.15) is 5.75 Å². The number of nitro benzene ring substituents is 1. The highest BCUT2D eigenvalue weighted by Gasteiger charge is 2.05. The third kappa shape index (κ3) is 15.4. The minimum absolute atomic E-state index is 0. The molecule has 160 valence electrons. The Morgan fingerprint density at radius 2 is 1.48 bits per heavy atom. The van der Waals surface area contributed by atoms with E-state index in [0.717, 1.165) is 0 Å². The Kier molecular flexibility index (Phi) is 14.7. The maximum atomic E-state index is 10.4. The van der Waals surface area contributed by atoms with E-state index in [1.165, 1.54) is 24.3 Å². The van der Waals surface area contributed by atoms with Crippen molar-refractivity contribution in [2.45, 2.75) is 26.3 Å². The number of nitro groups is 1. The lowest BCUT2D eigenvalue weighted by Gasteiger charge is -2.14. The van der Waals surface area contributed by atoms with Gasteiger partial charge in [0.15, 0.2) is 0 Å². The Bertz CT molecular complexity index is 767. The SMILES string of the molecule is CC(C)(C)NN.Cl.O=C(Cl)Oc1ccc([N+](=O)[O-])cc1.O=C(Cl)c1ccccc1. The van der Waals surface area contributed by atoms with Crippen LogP contribution in [0.3, 0.4) is 0 Å². The van der Waals surface area contributed by atoms with E-state index in [4.69, 9.17) is 29.0 Å². The quantitative estimate of drug-likeness (QED) is 0.280. The van der Waals surface area contributed by atoms with Gasteiger partial charge in [-0.25, -0.2) is 4.79 Å². The lowest BCUT2D eigenvalue weighted by Crippen LogP contribution is -2.41. The maximum absolute atomic E-state index is 10.4. The number of carbonyl (C=O) groups is 2. The summed E-state index contributed by atoms with van der Waals surface area (Å²) >= 11 is 10.1. The third-order valence-corrected chi connectivity index (χ3v) is 2.97. The van der Waals surface area contributed by atoms with Gasteiger partial charge in [-0.1, -0.05) is 30.3 Å². The van der Waals surface area contributed by atoms with Crippen molar-refractivity contribution in [3.63, 3.8) is 0 Å². The van der Waals surface area contributed by atoms with Crippen molar-refractivity contribution < 1.29 is 19.2 Å². The van der Waals surface area contributed by atoms with Gasteiger partial charge in [-0.05, 0) is 44.5 Å². The first-order valence-corrected chi connectivity index (χ1v) is 8.56. The fraction of sp³-hybridized carbons (Fsp3) is 0.222. The predicted octanol–water partition coefficient (Wildman–Crippen LogP) is 5.07. The van der Waals surface area contributed by atoms with Crippen LogP contribution in [0.5, 0.6) is 5.75 Å². The summed E-state index contributed by atoms with van der Waals surface area (Å²) in [5.74, 6) is 5.23. The van der Waals surface area contributed by atoms with E-state index < -0.39 is 15.6 Å². The molecule has 29 heavy (non-hydrogen) atoms. The fourth-order valence-electron chi connectivity index (χ4n) is 1.30. The summed E-state index contributed by atoms with van der Waals surface area (Å²) in [4.78, 5) is 30.3. The first kappa shape index (κ1) is 29.0. The Morgan fingerprint density at radius 1 is 1.03 bits per heavy atom. The molecule has 3 N–H and O–H groups in total. The first-order chi connectivity index (χ1) is 13.0. The van der Waals surface area contributed by atoms with Gasteiger partial charge in [-0.3, -0.25) is 26.2 Å². The molecule has 0 radical (unpaired) electrons. The molecule has 2 aromatic rings. The minimum Gasteiger partial charge on any atom is -0.414 e. The zero-order valence-corrected chi connectivity index (χ0v) is 18.3. The topological polar surface area (TPSA) is 125 Å². The number of hydrogen-bond acceptors (Lipinski definition) is 7. The first-order valence-electron chi connectivity index (χ1n) is 7.80. The molecule has 0 saturated carbocycles. The number of rotatable bonds is 3. The summed E-state index contributed by atoms with van der Waals surface area (Å²) in [5, 5.41) is 9.80. The number of carbonyl (C=O) groups excluding carboxylic acids is 2. The summed E-state index contributed by atoms with van der Waals surface area (Å²) in [7, 11) is 0. The third-order valence-electron chi connectivity index (χ3n) is 2.68. The number of halogens is 3. The van der Waals surface area contributed by atoms with Gasteiger partial charge in [0.25, 0.3) is 10.9 Å². The normalized spacial score (nSPS) is 9.45. The number of benzene rings is 2. The largest absolute Gasteiger partial charge is 0.414 e. The number of hydrazine groups is 1. The summed E-state index contributed by atoms with van der Waals surface area (Å²) in [5.41, 5.74) is 2.16. The molecule has 0 fully saturated rings. The van der Waals surface area contributed by atoms with Crippen LogP contribution in [-0.2, 0) is 0 Å². The van der Waals surface area contributed by atoms with Crippen molar-refractivity contribution in [1.82, 2.24) is 5.43 Å². The molecule has 0 bridgehead atoms. The fourth-order valence-corrected chi connectivity index (χ4v) is 1.51. The van der Waals surface area contributed by atoms with Crippen molar-refractivity contribution >= 4 is 52.0 Å². The molecule has 0 aromatic heterocycles. The lowest BCUT2D eigenvalue weighted by atomic mass is 10.1. The highest BCUT2D eigenvalue weighted by atomic mass is 35.5. The van der Waals surface area contributed by atoms with E-state index in [0.29, 0.717) is 5.56 Å². The van der Waals surface area contributed by atoms with E-state index >= 15 is 0 Å². The van der Waals surface area contributed by atoms with Crippen LogP contribution in [0.4, 0.5) is 10.5 Å². The summed E-state index contributed by atoms with van der Waals surface area (Å²) in [6, 6.07) is 13.8. The van der Waals surface area contributed by atoms with Crippen LogP contribution >= 0.6 is 35.6 Å². The zero-order chi connectivity index (χ0) is 21.7. The Hall–Kier alpha value is -2.23. The van der Waals surface area contributed by atoms with Gasteiger partial charge in [0.2, 0.25) is 0 Å². The van der Waals surface area contributed by atoms with Crippen molar-refractivity contribution in [3.8, 4) is 5.75 Å². The maximum Gasteiger partial charge on any atom is 0.409 e. The van der Waals surface area contributed by atoms with Crippen LogP contribution in [-0.4, -0.2) is 21.1 Å². The van der Waals surface area contributed by atoms with E-state index in [1.54, 1.807) is 24.3 Å². The lowest BCUT2D eigenvalue weighted by molar-refractivity contribution is -0.384. The number of hydrogen-bond donors (Lipinski definition) is 2. The van der Waals surface area contributed by atoms with Crippen LogP contribution in [0.15, 0.2) is 54.6 Å². The van der Waals surface area contributed by atoms with Crippen LogP contribution in [0.1, 0.15) is 31.1 Å². The molecule has 0 unspecified atom stereocenters. The Labute approximate surface area is 184 Å². The van der Waals surface area contributed by atoms with Crippen molar-refractivity contribution in [3.05, 3.63) is 70.3 Å². The number of ether oxygens (including phenoxy) is 1. The molecule has 0 saturated heterocycles. The average Bonchev–Trinajstić information content (AvgIpc) is 2.63. The second-order valence-corrected chi connectivity index (χ2v) is 6.78. The highest BCUT2D eigenvalue weighted by Crippen LogP contribution is 2.17. The second-order valence-electron chi connectivity index (χ2n) is 6.12. The summed E-state index contributed by atoms with van der Waals surface area (Å²) < 4.78 is 4.45. The molecular formula is C18H22Cl3N3O5. The van der Waals surface area contributed by atoms with Gasteiger partial charge in [0, 0.05) is 34.8 Å². The van der Waals surface area contributed by atoms with Crippen molar-refractivity contribution in [2.24, 2.45) is 5.84 Å². The van der Waals surface area contributed by atoms with Crippen LogP contribution in [0.25, 0.3) is 0 Å². The molecule has 8 nitrogen and oxygen atoms in total. The minimum atomic E-state index is -0.978. The summed E-state index contributed by atoms with van der Waals surface area (Å²) in [6.45, 7) is 6.02. The van der Waals surface area contributed by atoms with Crippen molar-refractivity contribution in [1.29, 1.82) is 0 Å². The molecular weight excluding hydrogens is 445 g/mol. The molecule has 11 heteroatoms. The van der Waals surface area contributed by atoms with Crippen LogP contribution in [0, 0.1) is 10.1 Å². The molecule has 2 aromatic carbocycles. The van der Waals surface area contributed by atoms with E-state index in [-0.39, 0.29) is 29.4 Å². The Balaban J connectivity index is 0. The van der Waals surface area contributed by atoms with E-state index in [1.807, 2.05) is 26.8 Å². The van der Waals surface area contributed by atoms with Gasteiger partial charge in [0.05, 0.1) is 4.92 Å². The summed E-state index contributed by atoms with van der Waals surface area (Å²) in [6.07, 6.45) is 0. The predicted molar refractivity (Wildman–Crippen MR) is 116 cm³/mol. The molecule has 0 heterocycles. The smallest absolute Gasteiger partial charge is 0.409 e. The van der Waals surface area contributed by atoms with Gasteiger partial charge < -0.3 is 4.74 Å². The number of non-ortho nitro benzene ring substituents is 1. The van der Waals surface area contributed by atoms with Crippen molar-refractivity contribution in [2.75, 3.05) is 0 Å². The Morgan fingerprint density at radius 3 is 1.76 bits per heavy atom. The molecule has 0 aliphatic rings. The van der Waals surface area contributed by atoms with E-state index in [9.17, 15) is 19.7 Å². The van der Waals surface area contributed by atoms with Gasteiger partial charge in [-0.2, -0.15) is 0 Å². The zero-order valence-electron chi connectivity index (χ0n) is 15.9. The molecule has 2 rings (SSSR count). The molecule has 0 amide bonds. The number of nitrogens with one attached hydrogen (secondary N) is 1. The molecule has 0 atom stereocenters. The molecule has 0 aliphatic carbocycles. The standard InChI is InChI=1S/C7H4ClNO4.C7H5ClO.C4H12N2.ClH/c8-7(10)13-6-3-1-5(2-4-6)9(11)12;8-7(9)6-4-2-1-3-5-6;1-4(2,3)6-5;/h1-4H;1-5H;6H,5H2,1-3H3;1H. The van der Waals surface area contributed by atoms with E-state index in [2.05, 4.69) is 10.2 Å². The van der Waals surface area contributed by atoms with Gasteiger partial charge in [-0.15, -0.1) is 12.4 Å². The monoisotopic (exact) mass is 465 g/mol. The second kappa shape index (κ2) is 14.7. The van der Waals surface area contributed by atoms with Gasteiger partial charge >= 0.3 is 5.43 Å². The molecule has 0 spiro atoms. The number of nitrogens with zero attached hydrogens (tertiary/aromatic N) is 1. The average molecular weight is 467 g/mol. The highest BCUT2D eigenvalue weighted by molar-refractivity contribution is 6.67. The number of nitrogens with two attached hydrogens (primary N) is 1. The van der Waals surface area contributed by atoms with Crippen LogP contribution < -0.4 is 16.0 Å². The van der Waals surface area contributed by atoms with Crippen LogP contribution in [0.2, 0.25) is 0 Å². The molecule has 0 aliphatic heterocycles.